The molecule has 0 unspecified atom stereocenters. The number of nitrogens with zero attached hydrogens (tertiary/aromatic N) is 7. The minimum absolute atomic E-state index is 0.0242. The zero-order valence-electron chi connectivity index (χ0n) is 35.3. The van der Waals surface area contributed by atoms with Gasteiger partial charge in [-0.2, -0.15) is 4.80 Å². The van der Waals surface area contributed by atoms with Gasteiger partial charge in [-0.05, 0) is 45.5 Å². The average Bonchev–Trinajstić information content (AvgIpc) is 4.02. The van der Waals surface area contributed by atoms with Crippen LogP contribution in [0.15, 0.2) is 218 Å². The lowest BCUT2D eigenvalue weighted by Gasteiger charge is -2.38. The fraction of sp³-hybridized carbons (Fsp3) is 0.0741. The van der Waals surface area contributed by atoms with E-state index < -0.39 is 17.0 Å². The quantitative estimate of drug-likeness (QED) is 0.0842. The van der Waals surface area contributed by atoms with Gasteiger partial charge in [0.05, 0.1) is 12.8 Å². The lowest BCUT2D eigenvalue weighted by molar-refractivity contribution is 0.0590. The predicted octanol–water partition coefficient (Wildman–Crippen LogP) is 10.0. The molecule has 1 N–H and O–H groups in total. The van der Waals surface area contributed by atoms with Gasteiger partial charge in [0.25, 0.3) is 0 Å². The molecular formula is C54H42N8O3. The molecule has 0 saturated heterocycles. The van der Waals surface area contributed by atoms with E-state index in [2.05, 4.69) is 83.2 Å². The van der Waals surface area contributed by atoms with Crippen LogP contribution in [-0.4, -0.2) is 48.1 Å². The van der Waals surface area contributed by atoms with Crippen LogP contribution in [0.25, 0.3) is 16.9 Å². The average molecular weight is 851 g/mol. The van der Waals surface area contributed by atoms with Crippen LogP contribution < -0.4 is 10.1 Å². The topological polar surface area (TPSA) is 122 Å². The third kappa shape index (κ3) is 7.34. The van der Waals surface area contributed by atoms with E-state index in [1.807, 2.05) is 150 Å². The number of carbonyl (C=O) groups excluding carboxylic acids is 1. The molecule has 0 aliphatic carbocycles. The van der Waals surface area contributed by atoms with E-state index in [9.17, 15) is 4.79 Å². The molecule has 0 spiro atoms. The Labute approximate surface area is 375 Å². The molecule has 0 atom stereocenters. The minimum atomic E-state index is -1.06. The van der Waals surface area contributed by atoms with Crippen molar-refractivity contribution in [2.45, 2.75) is 17.7 Å². The number of nitrogens with one attached hydrogen (secondary N) is 1. The Bertz CT molecular complexity index is 2980. The Hall–Kier alpha value is -8.70. The number of rotatable bonds is 14. The van der Waals surface area contributed by atoms with Gasteiger partial charge in [-0.15, -0.1) is 15.3 Å². The van der Waals surface area contributed by atoms with Crippen LogP contribution in [0, 0.1) is 0 Å². The number of pyridine rings is 1. The van der Waals surface area contributed by atoms with Gasteiger partial charge in [0.1, 0.15) is 29.2 Å². The SMILES string of the molecule is COC(=O)c1nn(-c2ccccc2)nc1COc1cc(NC(c2ccccc2)(c2ccccc2)c2ccccc2)nc2c1nnn2C(c1ccccc1)(c1ccccc1)c1ccccc1. The van der Waals surface area contributed by atoms with Crippen LogP contribution in [0.2, 0.25) is 0 Å². The molecule has 10 aromatic rings. The van der Waals surface area contributed by atoms with Gasteiger partial charge >= 0.3 is 5.97 Å². The zero-order chi connectivity index (χ0) is 44.1. The summed E-state index contributed by atoms with van der Waals surface area (Å²) < 4.78 is 13.8. The first-order valence-electron chi connectivity index (χ1n) is 21.2. The molecule has 0 fully saturated rings. The van der Waals surface area contributed by atoms with Crippen LogP contribution in [0.5, 0.6) is 5.75 Å². The number of anilines is 1. The summed E-state index contributed by atoms with van der Waals surface area (Å²) in [5.41, 5.74) is 5.57. The van der Waals surface area contributed by atoms with Crippen molar-refractivity contribution in [1.82, 2.24) is 35.0 Å². The molecule has 0 amide bonds. The molecule has 0 radical (unpaired) electrons. The van der Waals surface area contributed by atoms with Crippen LogP contribution in [0.4, 0.5) is 5.82 Å². The molecule has 0 saturated carbocycles. The monoisotopic (exact) mass is 850 g/mol. The first kappa shape index (κ1) is 40.4. The van der Waals surface area contributed by atoms with Gasteiger partial charge in [0.2, 0.25) is 0 Å². The minimum Gasteiger partial charge on any atom is -0.484 e. The second kappa shape index (κ2) is 17.6. The number of hydrogen-bond acceptors (Lipinski definition) is 9. The summed E-state index contributed by atoms with van der Waals surface area (Å²) in [4.78, 5) is 20.1. The van der Waals surface area contributed by atoms with Crippen molar-refractivity contribution < 1.29 is 14.3 Å². The first-order chi connectivity index (χ1) is 32.1. The van der Waals surface area contributed by atoms with Gasteiger partial charge < -0.3 is 14.8 Å². The van der Waals surface area contributed by atoms with E-state index in [-0.39, 0.29) is 18.0 Å². The summed E-state index contributed by atoms with van der Waals surface area (Å²) in [7, 11) is 1.31. The number of esters is 1. The summed E-state index contributed by atoms with van der Waals surface area (Å²) in [5.74, 6) is 0.174. The maximum absolute atomic E-state index is 13.2. The number of fused-ring (bicyclic) bond motifs is 1. The van der Waals surface area contributed by atoms with E-state index in [1.165, 1.54) is 11.9 Å². The van der Waals surface area contributed by atoms with Crippen molar-refractivity contribution in [2.24, 2.45) is 0 Å². The number of carbonyl (C=O) groups is 1. The number of ether oxygens (including phenoxy) is 2. The second-order valence-electron chi connectivity index (χ2n) is 15.4. The lowest BCUT2D eigenvalue weighted by atomic mass is 9.77. The normalized spacial score (nSPS) is 11.6. The van der Waals surface area contributed by atoms with Gasteiger partial charge in [0.15, 0.2) is 22.6 Å². The third-order valence-electron chi connectivity index (χ3n) is 11.6. The van der Waals surface area contributed by atoms with E-state index in [0.29, 0.717) is 28.4 Å². The Balaban J connectivity index is 1.23. The van der Waals surface area contributed by atoms with Gasteiger partial charge in [-0.25, -0.2) is 14.5 Å². The smallest absolute Gasteiger partial charge is 0.360 e. The number of benzene rings is 7. The highest BCUT2D eigenvalue weighted by Crippen LogP contribution is 2.44. The third-order valence-corrected chi connectivity index (χ3v) is 11.6. The molecule has 65 heavy (non-hydrogen) atoms. The molecule has 3 aromatic heterocycles. The maximum atomic E-state index is 13.2. The Morgan fingerprint density at radius 1 is 0.569 bits per heavy atom. The maximum Gasteiger partial charge on any atom is 0.360 e. The van der Waals surface area contributed by atoms with E-state index in [0.717, 1.165) is 33.4 Å². The molecule has 316 valence electrons. The summed E-state index contributed by atoms with van der Waals surface area (Å²) >= 11 is 0. The molecular weight excluding hydrogens is 809 g/mol. The van der Waals surface area contributed by atoms with Crippen molar-refractivity contribution in [1.29, 1.82) is 0 Å². The van der Waals surface area contributed by atoms with Crippen molar-refractivity contribution in [3.63, 3.8) is 0 Å². The van der Waals surface area contributed by atoms with Crippen molar-refractivity contribution in [2.75, 3.05) is 12.4 Å². The van der Waals surface area contributed by atoms with Gasteiger partial charge in [-0.1, -0.05) is 205 Å². The number of hydrogen-bond donors (Lipinski definition) is 1. The van der Waals surface area contributed by atoms with E-state index in [1.54, 1.807) is 0 Å². The first-order valence-corrected chi connectivity index (χ1v) is 21.2. The number of methoxy groups -OCH3 is 1. The molecule has 0 bridgehead atoms. The standard InChI is InChI=1S/C54H42N8O3/c1-64-52(63)49-46(58-62(59-49)45-35-21-8-22-36-45)38-65-47-37-48(56-53(39-23-9-2-10-24-39,40-25-11-3-12-26-40)41-27-13-4-14-28-41)55-51-50(47)57-60-61(51)54(42-29-15-5-16-30-42,43-31-17-6-18-32-43)44-33-19-7-20-34-44/h2-37H,38H2,1H3,(H,55,56). The molecule has 0 aliphatic heterocycles. The van der Waals surface area contributed by atoms with Crippen LogP contribution in [0.1, 0.15) is 49.6 Å². The van der Waals surface area contributed by atoms with Gasteiger partial charge in [-0.3, -0.25) is 0 Å². The van der Waals surface area contributed by atoms with Crippen LogP contribution >= 0.6 is 0 Å². The summed E-state index contributed by atoms with van der Waals surface area (Å²) in [6.07, 6.45) is 0. The zero-order valence-corrected chi connectivity index (χ0v) is 35.3. The summed E-state index contributed by atoms with van der Waals surface area (Å²) in [6, 6.07) is 72.9. The summed E-state index contributed by atoms with van der Waals surface area (Å²) in [6.45, 7) is -0.162. The van der Waals surface area contributed by atoms with Crippen LogP contribution in [0.3, 0.4) is 0 Å². The highest BCUT2D eigenvalue weighted by Gasteiger charge is 2.43. The molecule has 7 aromatic carbocycles. The van der Waals surface area contributed by atoms with Crippen molar-refractivity contribution in [3.05, 3.63) is 263 Å². The lowest BCUT2D eigenvalue weighted by Crippen LogP contribution is -2.39. The molecule has 11 nitrogen and oxygen atoms in total. The Morgan fingerprint density at radius 3 is 1.45 bits per heavy atom. The molecule has 11 heteroatoms. The number of aromatic nitrogens is 7. The molecule has 0 aliphatic rings. The fourth-order valence-electron chi connectivity index (χ4n) is 8.67. The van der Waals surface area contributed by atoms with E-state index >= 15 is 0 Å². The second-order valence-corrected chi connectivity index (χ2v) is 15.4. The Kier molecular flexibility index (Phi) is 10.9. The van der Waals surface area contributed by atoms with E-state index in [4.69, 9.17) is 29.9 Å². The Morgan fingerprint density at radius 2 is 1.00 bits per heavy atom. The highest BCUT2D eigenvalue weighted by atomic mass is 16.5. The largest absolute Gasteiger partial charge is 0.484 e. The summed E-state index contributed by atoms with van der Waals surface area (Å²) in [5, 5.41) is 23.1. The van der Waals surface area contributed by atoms with Crippen molar-refractivity contribution >= 4 is 23.0 Å². The predicted molar refractivity (Wildman–Crippen MR) is 250 cm³/mol. The fourth-order valence-corrected chi connectivity index (χ4v) is 8.67. The van der Waals surface area contributed by atoms with Crippen LogP contribution in [-0.2, 0) is 22.4 Å². The molecule has 3 heterocycles. The van der Waals surface area contributed by atoms with Gasteiger partial charge in [0, 0.05) is 6.07 Å². The molecule has 10 rings (SSSR count). The van der Waals surface area contributed by atoms with Crippen molar-refractivity contribution in [3.8, 4) is 11.4 Å². The highest BCUT2D eigenvalue weighted by molar-refractivity contribution is 5.88. The number of para-hydroxylation sites is 1.